The number of aromatic carboxylic acids is 1. The summed E-state index contributed by atoms with van der Waals surface area (Å²) in [6.07, 6.45) is 2.67. The molecule has 0 amide bonds. The Morgan fingerprint density at radius 2 is 2.16 bits per heavy atom. The van der Waals surface area contributed by atoms with E-state index in [0.29, 0.717) is 12.2 Å². The standard InChI is InChI=1S/C14H15N3O2/c1-9-3-4-10(2)12(5-9)16-7-13-11(14(18)19)6-15-8-17-13/h3-6,8,16H,7H2,1-2H3,(H,18,19). The van der Waals surface area contributed by atoms with Gasteiger partial charge in [0.05, 0.1) is 12.2 Å². The van der Waals surface area contributed by atoms with Crippen molar-refractivity contribution >= 4 is 11.7 Å². The third kappa shape index (κ3) is 3.07. The number of aryl methyl sites for hydroxylation is 2. The SMILES string of the molecule is Cc1ccc(C)c(NCc2ncncc2C(=O)O)c1. The molecule has 0 saturated carbocycles. The Labute approximate surface area is 111 Å². The predicted molar refractivity (Wildman–Crippen MR) is 72.2 cm³/mol. The zero-order valence-corrected chi connectivity index (χ0v) is 10.8. The smallest absolute Gasteiger partial charge is 0.339 e. The lowest BCUT2D eigenvalue weighted by atomic mass is 10.1. The minimum atomic E-state index is -1.02. The van der Waals surface area contributed by atoms with Gasteiger partial charge in [0.1, 0.15) is 11.9 Å². The summed E-state index contributed by atoms with van der Waals surface area (Å²) in [6, 6.07) is 6.08. The van der Waals surface area contributed by atoms with Crippen LogP contribution in [-0.4, -0.2) is 21.0 Å². The van der Waals surface area contributed by atoms with E-state index in [4.69, 9.17) is 5.11 Å². The van der Waals surface area contributed by atoms with Crippen LogP contribution in [-0.2, 0) is 6.54 Å². The maximum Gasteiger partial charge on any atom is 0.339 e. The predicted octanol–water partition coefficient (Wildman–Crippen LogP) is 2.40. The first-order valence-corrected chi connectivity index (χ1v) is 5.91. The number of hydrogen-bond acceptors (Lipinski definition) is 4. The minimum absolute atomic E-state index is 0.125. The molecule has 5 nitrogen and oxygen atoms in total. The van der Waals surface area contributed by atoms with Gasteiger partial charge in [-0.15, -0.1) is 0 Å². The van der Waals surface area contributed by atoms with E-state index >= 15 is 0 Å². The Kier molecular flexibility index (Phi) is 3.75. The van der Waals surface area contributed by atoms with Gasteiger partial charge in [-0.1, -0.05) is 12.1 Å². The second-order valence-corrected chi connectivity index (χ2v) is 4.36. The lowest BCUT2D eigenvalue weighted by molar-refractivity contribution is 0.0694. The number of benzene rings is 1. The molecule has 0 aliphatic heterocycles. The minimum Gasteiger partial charge on any atom is -0.478 e. The first-order chi connectivity index (χ1) is 9.08. The van der Waals surface area contributed by atoms with Gasteiger partial charge in [-0.3, -0.25) is 0 Å². The fraction of sp³-hybridized carbons (Fsp3) is 0.214. The van der Waals surface area contributed by atoms with E-state index in [1.807, 2.05) is 32.0 Å². The molecule has 2 N–H and O–H groups in total. The number of carboxylic acids is 1. The van der Waals surface area contributed by atoms with E-state index in [-0.39, 0.29) is 5.56 Å². The van der Waals surface area contributed by atoms with Crippen molar-refractivity contribution in [2.24, 2.45) is 0 Å². The molecule has 0 aliphatic rings. The summed E-state index contributed by atoms with van der Waals surface area (Å²) < 4.78 is 0. The molecule has 0 atom stereocenters. The molecule has 0 saturated heterocycles. The van der Waals surface area contributed by atoms with E-state index < -0.39 is 5.97 Å². The lowest BCUT2D eigenvalue weighted by Crippen LogP contribution is -2.10. The van der Waals surface area contributed by atoms with Crippen molar-refractivity contribution in [1.29, 1.82) is 0 Å². The van der Waals surface area contributed by atoms with Crippen LogP contribution in [0.5, 0.6) is 0 Å². The van der Waals surface area contributed by atoms with Crippen LogP contribution in [0.1, 0.15) is 27.2 Å². The molecule has 19 heavy (non-hydrogen) atoms. The van der Waals surface area contributed by atoms with Crippen LogP contribution in [0.15, 0.2) is 30.7 Å². The largest absolute Gasteiger partial charge is 0.478 e. The van der Waals surface area contributed by atoms with Crippen molar-refractivity contribution in [2.45, 2.75) is 20.4 Å². The van der Waals surface area contributed by atoms with Crippen LogP contribution in [0.3, 0.4) is 0 Å². The van der Waals surface area contributed by atoms with Crippen molar-refractivity contribution in [1.82, 2.24) is 9.97 Å². The number of aromatic nitrogens is 2. The van der Waals surface area contributed by atoms with Gasteiger partial charge in [-0.2, -0.15) is 0 Å². The molecule has 2 rings (SSSR count). The molecule has 98 valence electrons. The Morgan fingerprint density at radius 1 is 1.37 bits per heavy atom. The number of rotatable bonds is 4. The Balaban J connectivity index is 2.19. The molecule has 5 heteroatoms. The van der Waals surface area contributed by atoms with Crippen LogP contribution in [0, 0.1) is 13.8 Å². The number of carbonyl (C=O) groups is 1. The second kappa shape index (κ2) is 5.48. The van der Waals surface area contributed by atoms with Gasteiger partial charge in [0.15, 0.2) is 0 Å². The van der Waals surface area contributed by atoms with E-state index in [1.54, 1.807) is 0 Å². The molecule has 0 spiro atoms. The summed E-state index contributed by atoms with van der Waals surface area (Å²) in [5, 5.41) is 12.3. The van der Waals surface area contributed by atoms with Crippen molar-refractivity contribution in [3.8, 4) is 0 Å². The molecule has 0 aliphatic carbocycles. The summed E-state index contributed by atoms with van der Waals surface area (Å²) in [5.74, 6) is -1.02. The summed E-state index contributed by atoms with van der Waals surface area (Å²) in [6.45, 7) is 4.37. The Bertz CT molecular complexity index is 611. The average molecular weight is 257 g/mol. The van der Waals surface area contributed by atoms with E-state index in [2.05, 4.69) is 15.3 Å². The summed E-state index contributed by atoms with van der Waals surface area (Å²) in [4.78, 5) is 18.8. The first-order valence-electron chi connectivity index (χ1n) is 5.91. The maximum atomic E-state index is 11.0. The zero-order chi connectivity index (χ0) is 13.8. The monoisotopic (exact) mass is 257 g/mol. The van der Waals surface area contributed by atoms with Crippen LogP contribution < -0.4 is 5.32 Å². The molecular formula is C14H15N3O2. The van der Waals surface area contributed by atoms with Gasteiger partial charge in [-0.25, -0.2) is 14.8 Å². The van der Waals surface area contributed by atoms with Gasteiger partial charge >= 0.3 is 5.97 Å². The fourth-order valence-electron chi connectivity index (χ4n) is 1.78. The van der Waals surface area contributed by atoms with Crippen LogP contribution in [0.25, 0.3) is 0 Å². The van der Waals surface area contributed by atoms with Crippen molar-refractivity contribution in [3.63, 3.8) is 0 Å². The molecule has 0 radical (unpaired) electrons. The number of anilines is 1. The number of nitrogens with zero attached hydrogens (tertiary/aromatic N) is 2. The summed E-state index contributed by atoms with van der Waals surface area (Å²) >= 11 is 0. The second-order valence-electron chi connectivity index (χ2n) is 4.36. The average Bonchev–Trinajstić information content (AvgIpc) is 2.40. The third-order valence-electron chi connectivity index (χ3n) is 2.86. The Morgan fingerprint density at radius 3 is 2.89 bits per heavy atom. The highest BCUT2D eigenvalue weighted by Crippen LogP contribution is 2.17. The van der Waals surface area contributed by atoms with Crippen molar-refractivity contribution < 1.29 is 9.90 Å². The van der Waals surface area contributed by atoms with Crippen LogP contribution in [0.2, 0.25) is 0 Å². The number of carboxylic acid groups (broad SMARTS) is 1. The highest BCUT2D eigenvalue weighted by Gasteiger charge is 2.11. The van der Waals surface area contributed by atoms with E-state index in [9.17, 15) is 4.79 Å². The van der Waals surface area contributed by atoms with Gasteiger partial charge in [0, 0.05) is 11.9 Å². The third-order valence-corrected chi connectivity index (χ3v) is 2.86. The summed E-state index contributed by atoms with van der Waals surface area (Å²) in [5.41, 5.74) is 3.84. The number of nitrogens with one attached hydrogen (secondary N) is 1. The topological polar surface area (TPSA) is 75.1 Å². The highest BCUT2D eigenvalue weighted by atomic mass is 16.4. The maximum absolute atomic E-state index is 11.0. The zero-order valence-electron chi connectivity index (χ0n) is 10.8. The van der Waals surface area contributed by atoms with Crippen molar-refractivity contribution in [3.05, 3.63) is 53.1 Å². The quantitative estimate of drug-likeness (QED) is 0.879. The van der Waals surface area contributed by atoms with Gasteiger partial charge in [-0.05, 0) is 31.0 Å². The molecule has 1 aromatic carbocycles. The molecule has 0 fully saturated rings. The van der Waals surface area contributed by atoms with E-state index in [0.717, 1.165) is 16.8 Å². The van der Waals surface area contributed by atoms with E-state index in [1.165, 1.54) is 12.5 Å². The van der Waals surface area contributed by atoms with Crippen LogP contribution in [0.4, 0.5) is 5.69 Å². The van der Waals surface area contributed by atoms with Gasteiger partial charge in [0.2, 0.25) is 0 Å². The normalized spacial score (nSPS) is 10.2. The van der Waals surface area contributed by atoms with Crippen molar-refractivity contribution in [2.75, 3.05) is 5.32 Å². The fourth-order valence-corrected chi connectivity index (χ4v) is 1.78. The van der Waals surface area contributed by atoms with Gasteiger partial charge in [0.25, 0.3) is 0 Å². The number of hydrogen-bond donors (Lipinski definition) is 2. The van der Waals surface area contributed by atoms with Gasteiger partial charge < -0.3 is 10.4 Å². The molecule has 2 aromatic rings. The lowest BCUT2D eigenvalue weighted by Gasteiger charge is -2.11. The molecule has 1 aromatic heterocycles. The summed E-state index contributed by atoms with van der Waals surface area (Å²) in [7, 11) is 0. The first kappa shape index (κ1) is 13.0. The molecule has 0 unspecified atom stereocenters. The molecule has 0 bridgehead atoms. The Hall–Kier alpha value is -2.43. The van der Waals surface area contributed by atoms with Crippen LogP contribution >= 0.6 is 0 Å². The molecule has 1 heterocycles. The highest BCUT2D eigenvalue weighted by molar-refractivity contribution is 5.88. The molecular weight excluding hydrogens is 242 g/mol.